The highest BCUT2D eigenvalue weighted by atomic mass is 19.1. The molecule has 0 radical (unpaired) electrons. The average molecular weight is 232 g/mol. The maximum absolute atomic E-state index is 12.9. The highest BCUT2D eigenvalue weighted by Gasteiger charge is 2.38. The number of nitrogens with one attached hydrogen (secondary N) is 1. The molecule has 0 bridgehead atoms. The van der Waals surface area contributed by atoms with Gasteiger partial charge in [-0.2, -0.15) is 5.26 Å². The molecule has 1 saturated carbocycles. The van der Waals surface area contributed by atoms with Gasteiger partial charge in [-0.05, 0) is 49.9 Å². The van der Waals surface area contributed by atoms with Crippen LogP contribution in [-0.2, 0) is 0 Å². The van der Waals surface area contributed by atoms with Crippen LogP contribution >= 0.6 is 0 Å². The minimum atomic E-state index is -0.710. The van der Waals surface area contributed by atoms with Gasteiger partial charge in [-0.3, -0.25) is 4.79 Å². The van der Waals surface area contributed by atoms with E-state index in [0.717, 1.165) is 6.42 Å². The average Bonchev–Trinajstić information content (AvgIpc) is 2.23. The van der Waals surface area contributed by atoms with Crippen molar-refractivity contribution in [1.82, 2.24) is 5.32 Å². The number of amides is 1. The number of rotatable bonds is 2. The molecule has 0 spiro atoms. The topological polar surface area (TPSA) is 52.9 Å². The molecule has 0 unspecified atom stereocenters. The summed E-state index contributed by atoms with van der Waals surface area (Å²) in [5.74, 6) is -0.665. The Hall–Kier alpha value is -1.89. The molecule has 1 amide bonds. The van der Waals surface area contributed by atoms with Gasteiger partial charge in [0.1, 0.15) is 11.4 Å². The molecule has 1 fully saturated rings. The van der Waals surface area contributed by atoms with Gasteiger partial charge in [-0.25, -0.2) is 4.39 Å². The fourth-order valence-corrected chi connectivity index (χ4v) is 1.96. The first-order valence-corrected chi connectivity index (χ1v) is 5.56. The quantitative estimate of drug-likeness (QED) is 0.850. The number of hydrogen-bond donors (Lipinski definition) is 1. The summed E-state index contributed by atoms with van der Waals surface area (Å²) in [5.41, 5.74) is 0.292. The number of nitrogens with zero attached hydrogens (tertiary/aromatic N) is 1. The molecule has 0 saturated heterocycles. The molecule has 88 valence electrons. The summed E-state index contributed by atoms with van der Waals surface area (Å²) in [6.45, 7) is 1.68. The lowest BCUT2D eigenvalue weighted by molar-refractivity contribution is 0.0881. The van der Waals surface area contributed by atoms with Gasteiger partial charge in [-0.15, -0.1) is 0 Å². The van der Waals surface area contributed by atoms with Crippen LogP contribution in [0.4, 0.5) is 4.39 Å². The van der Waals surface area contributed by atoms with Gasteiger partial charge in [0, 0.05) is 5.56 Å². The Morgan fingerprint density at radius 3 is 2.71 bits per heavy atom. The van der Waals surface area contributed by atoms with Crippen LogP contribution < -0.4 is 5.32 Å². The molecule has 0 aromatic heterocycles. The number of hydrogen-bond acceptors (Lipinski definition) is 2. The molecule has 0 heterocycles. The zero-order valence-corrected chi connectivity index (χ0v) is 9.59. The van der Waals surface area contributed by atoms with Crippen molar-refractivity contribution < 1.29 is 9.18 Å². The lowest BCUT2D eigenvalue weighted by Gasteiger charge is -2.35. The van der Waals surface area contributed by atoms with Crippen molar-refractivity contribution in [2.45, 2.75) is 31.7 Å². The maximum Gasteiger partial charge on any atom is 0.252 e. The van der Waals surface area contributed by atoms with E-state index in [1.807, 2.05) is 0 Å². The van der Waals surface area contributed by atoms with Crippen molar-refractivity contribution in [2.24, 2.45) is 0 Å². The predicted molar refractivity (Wildman–Crippen MR) is 60.8 cm³/mol. The Balaban J connectivity index is 2.18. The zero-order valence-electron chi connectivity index (χ0n) is 9.59. The van der Waals surface area contributed by atoms with E-state index in [1.54, 1.807) is 6.92 Å². The third kappa shape index (κ3) is 2.14. The number of halogens is 1. The summed E-state index contributed by atoms with van der Waals surface area (Å²) in [4.78, 5) is 12.0. The molecule has 17 heavy (non-hydrogen) atoms. The number of carbonyl (C=O) groups excluding carboxylic acids is 1. The van der Waals surface area contributed by atoms with Crippen LogP contribution in [-0.4, -0.2) is 11.4 Å². The zero-order chi connectivity index (χ0) is 12.5. The van der Waals surface area contributed by atoms with Gasteiger partial charge in [0.15, 0.2) is 0 Å². The van der Waals surface area contributed by atoms with Crippen molar-refractivity contribution >= 4 is 5.91 Å². The molecule has 0 atom stereocenters. The third-order valence-corrected chi connectivity index (χ3v) is 3.21. The smallest absolute Gasteiger partial charge is 0.252 e. The highest BCUT2D eigenvalue weighted by molar-refractivity contribution is 5.96. The fourth-order valence-electron chi connectivity index (χ4n) is 1.96. The summed E-state index contributed by atoms with van der Waals surface area (Å²) in [5, 5.41) is 11.8. The number of nitriles is 1. The van der Waals surface area contributed by atoms with Crippen LogP contribution in [0.1, 0.15) is 35.2 Å². The molecule has 3 nitrogen and oxygen atoms in total. The minimum absolute atomic E-state index is 0.302. The molecular formula is C13H13FN2O. The molecule has 1 N–H and O–H groups in total. The first kappa shape index (κ1) is 11.6. The molecule has 1 aromatic rings. The van der Waals surface area contributed by atoms with Gasteiger partial charge in [0.05, 0.1) is 6.07 Å². The lowest BCUT2D eigenvalue weighted by Crippen LogP contribution is -2.52. The number of carbonyl (C=O) groups is 1. The Kier molecular flexibility index (Phi) is 2.84. The summed E-state index contributed by atoms with van der Waals surface area (Å²) in [6.07, 6.45) is 2.33. The maximum atomic E-state index is 12.9. The SMILES string of the molecule is Cc1cc(F)ccc1C(=O)NC1(C#N)CCC1. The molecular weight excluding hydrogens is 219 g/mol. The summed E-state index contributed by atoms with van der Waals surface area (Å²) < 4.78 is 12.9. The largest absolute Gasteiger partial charge is 0.334 e. The van der Waals surface area contributed by atoms with Crippen LogP contribution in [0.25, 0.3) is 0 Å². The molecule has 1 aromatic carbocycles. The first-order chi connectivity index (χ1) is 8.06. The van der Waals surface area contributed by atoms with Gasteiger partial charge in [0.2, 0.25) is 0 Å². The Bertz CT molecular complexity index is 501. The summed E-state index contributed by atoms with van der Waals surface area (Å²) in [7, 11) is 0. The van der Waals surface area contributed by atoms with E-state index in [4.69, 9.17) is 5.26 Å². The third-order valence-electron chi connectivity index (χ3n) is 3.21. The summed E-state index contributed by atoms with van der Waals surface area (Å²) in [6, 6.07) is 6.15. The first-order valence-electron chi connectivity index (χ1n) is 5.56. The van der Waals surface area contributed by atoms with Crippen LogP contribution in [0.3, 0.4) is 0 Å². The molecule has 0 aliphatic heterocycles. The fraction of sp³-hybridized carbons (Fsp3) is 0.385. The molecule has 1 aliphatic rings. The van der Waals surface area contributed by atoms with E-state index < -0.39 is 5.54 Å². The van der Waals surface area contributed by atoms with Crippen LogP contribution in [0.2, 0.25) is 0 Å². The molecule has 4 heteroatoms. The van der Waals surface area contributed by atoms with Crippen molar-refractivity contribution in [1.29, 1.82) is 5.26 Å². The second kappa shape index (κ2) is 4.17. The standard InChI is InChI=1S/C13H13FN2O/c1-9-7-10(14)3-4-11(9)12(17)16-13(8-15)5-2-6-13/h3-4,7H,2,5-6H2,1H3,(H,16,17). The van der Waals surface area contributed by atoms with Crippen molar-refractivity contribution in [2.75, 3.05) is 0 Å². The second-order valence-corrected chi connectivity index (χ2v) is 4.46. The summed E-state index contributed by atoms with van der Waals surface area (Å²) >= 11 is 0. The van der Waals surface area contributed by atoms with Crippen LogP contribution in [0.5, 0.6) is 0 Å². The van der Waals surface area contributed by atoms with E-state index in [1.165, 1.54) is 18.2 Å². The van der Waals surface area contributed by atoms with Crippen molar-refractivity contribution in [3.05, 3.63) is 35.1 Å². The van der Waals surface area contributed by atoms with Gasteiger partial charge >= 0.3 is 0 Å². The van der Waals surface area contributed by atoms with E-state index in [2.05, 4.69) is 11.4 Å². The second-order valence-electron chi connectivity index (χ2n) is 4.46. The van der Waals surface area contributed by atoms with Crippen molar-refractivity contribution in [3.8, 4) is 6.07 Å². The van der Waals surface area contributed by atoms with E-state index in [-0.39, 0.29) is 11.7 Å². The number of benzene rings is 1. The Labute approximate surface area is 99.2 Å². The van der Waals surface area contributed by atoms with Crippen LogP contribution in [0.15, 0.2) is 18.2 Å². The van der Waals surface area contributed by atoms with Gasteiger partial charge < -0.3 is 5.32 Å². The highest BCUT2D eigenvalue weighted by Crippen LogP contribution is 2.31. The minimum Gasteiger partial charge on any atom is -0.334 e. The van der Waals surface area contributed by atoms with Crippen molar-refractivity contribution in [3.63, 3.8) is 0 Å². The predicted octanol–water partition coefficient (Wildman–Crippen LogP) is 2.31. The molecule has 2 rings (SSSR count). The van der Waals surface area contributed by atoms with E-state index in [0.29, 0.717) is 24.0 Å². The Morgan fingerprint density at radius 2 is 2.24 bits per heavy atom. The normalized spacial score (nSPS) is 16.8. The Morgan fingerprint density at radius 1 is 1.53 bits per heavy atom. The lowest BCUT2D eigenvalue weighted by atomic mass is 9.78. The van der Waals surface area contributed by atoms with Gasteiger partial charge in [0.25, 0.3) is 5.91 Å². The van der Waals surface area contributed by atoms with E-state index in [9.17, 15) is 9.18 Å². The van der Waals surface area contributed by atoms with Gasteiger partial charge in [-0.1, -0.05) is 0 Å². The van der Waals surface area contributed by atoms with E-state index >= 15 is 0 Å². The van der Waals surface area contributed by atoms with Crippen LogP contribution in [0, 0.1) is 24.1 Å². The monoisotopic (exact) mass is 232 g/mol. The molecule has 1 aliphatic carbocycles. The number of aryl methyl sites for hydroxylation is 1.